The van der Waals surface area contributed by atoms with Crippen molar-refractivity contribution in [3.8, 4) is 0 Å². The van der Waals surface area contributed by atoms with Crippen LogP contribution in [0.2, 0.25) is 0 Å². The molecule has 3 fully saturated rings. The van der Waals surface area contributed by atoms with Crippen LogP contribution in [0.25, 0.3) is 0 Å². The second-order valence-corrected chi connectivity index (χ2v) is 7.44. The second-order valence-electron chi connectivity index (χ2n) is 5.76. The van der Waals surface area contributed by atoms with Gasteiger partial charge in [0.1, 0.15) is 10.6 Å². The number of nitrogens with zero attached hydrogens (tertiary/aromatic N) is 1. The van der Waals surface area contributed by atoms with Crippen molar-refractivity contribution in [2.45, 2.75) is 36.6 Å². The number of ether oxygens (including phenoxy) is 1. The van der Waals surface area contributed by atoms with Gasteiger partial charge >= 0.3 is 5.97 Å². The largest absolute Gasteiger partial charge is 0.461 e. The summed E-state index contributed by atoms with van der Waals surface area (Å²) < 4.78 is 33.8. The summed E-state index contributed by atoms with van der Waals surface area (Å²) >= 11 is 0. The van der Waals surface area contributed by atoms with Crippen LogP contribution in [0.15, 0.2) is 17.2 Å². The van der Waals surface area contributed by atoms with Crippen LogP contribution in [-0.4, -0.2) is 31.1 Å². The number of hydrogen-bond acceptors (Lipinski definition) is 4. The number of esters is 1. The Morgan fingerprint density at radius 1 is 1.50 bits per heavy atom. The molecule has 0 amide bonds. The van der Waals surface area contributed by atoms with Gasteiger partial charge in [-0.05, 0) is 38.2 Å². The monoisotopic (exact) mass is 298 g/mol. The molecule has 1 aromatic heterocycles. The average Bonchev–Trinajstić information content (AvgIpc) is 2.66. The molecule has 1 N–H and O–H groups in total. The smallest absolute Gasteiger partial charge is 0.354 e. The van der Waals surface area contributed by atoms with Crippen molar-refractivity contribution in [1.82, 2.24) is 9.29 Å². The van der Waals surface area contributed by atoms with Crippen molar-refractivity contribution in [3.05, 3.63) is 18.0 Å². The average molecular weight is 298 g/mol. The van der Waals surface area contributed by atoms with E-state index in [2.05, 4.69) is 4.72 Å². The van der Waals surface area contributed by atoms with Crippen molar-refractivity contribution in [1.29, 1.82) is 0 Å². The van der Waals surface area contributed by atoms with E-state index in [1.807, 2.05) is 0 Å². The fourth-order valence-corrected chi connectivity index (χ4v) is 4.54. The number of hydrogen-bond donors (Lipinski definition) is 1. The van der Waals surface area contributed by atoms with E-state index >= 15 is 0 Å². The van der Waals surface area contributed by atoms with Crippen LogP contribution in [0.3, 0.4) is 0 Å². The number of aromatic nitrogens is 1. The van der Waals surface area contributed by atoms with E-state index in [1.54, 1.807) is 14.0 Å². The van der Waals surface area contributed by atoms with Gasteiger partial charge in [0.05, 0.1) is 6.61 Å². The molecule has 0 unspecified atom stereocenters. The van der Waals surface area contributed by atoms with E-state index in [0.717, 1.165) is 19.3 Å². The zero-order valence-corrected chi connectivity index (χ0v) is 12.4. The number of carbonyl (C=O) groups is 1. The molecule has 0 radical (unpaired) electrons. The Hall–Kier alpha value is -1.34. The van der Waals surface area contributed by atoms with Crippen molar-refractivity contribution in [2.24, 2.45) is 13.0 Å². The normalized spacial score (nSPS) is 27.6. The molecule has 3 aliphatic carbocycles. The number of nitrogens with one attached hydrogen (secondary N) is 1. The molecule has 110 valence electrons. The summed E-state index contributed by atoms with van der Waals surface area (Å²) in [6.07, 6.45) is 4.25. The molecule has 2 bridgehead atoms. The zero-order valence-electron chi connectivity index (χ0n) is 11.5. The van der Waals surface area contributed by atoms with Crippen LogP contribution in [0.1, 0.15) is 36.7 Å². The lowest BCUT2D eigenvalue weighted by Crippen LogP contribution is -2.67. The number of rotatable bonds is 5. The van der Waals surface area contributed by atoms with Crippen LogP contribution in [0.4, 0.5) is 0 Å². The highest BCUT2D eigenvalue weighted by atomic mass is 32.2. The first kappa shape index (κ1) is 13.6. The maximum Gasteiger partial charge on any atom is 0.354 e. The molecular formula is C13H18N2O4S. The highest BCUT2D eigenvalue weighted by Crippen LogP contribution is 2.57. The third-order valence-electron chi connectivity index (χ3n) is 4.16. The summed E-state index contributed by atoms with van der Waals surface area (Å²) in [7, 11) is -1.94. The lowest BCUT2D eigenvalue weighted by molar-refractivity contribution is -0.0317. The van der Waals surface area contributed by atoms with E-state index < -0.39 is 16.0 Å². The van der Waals surface area contributed by atoms with Crippen molar-refractivity contribution < 1.29 is 17.9 Å². The summed E-state index contributed by atoms with van der Waals surface area (Å²) in [5.41, 5.74) is 0.0218. The lowest BCUT2D eigenvalue weighted by Gasteiger charge is -2.61. The molecule has 0 spiro atoms. The maximum atomic E-state index is 12.3. The van der Waals surface area contributed by atoms with Crippen LogP contribution < -0.4 is 4.72 Å². The quantitative estimate of drug-likeness (QED) is 0.824. The third kappa shape index (κ3) is 2.05. The molecule has 4 rings (SSSR count). The fourth-order valence-electron chi connectivity index (χ4n) is 3.04. The van der Waals surface area contributed by atoms with Gasteiger partial charge in [0.25, 0.3) is 0 Å². The van der Waals surface area contributed by atoms with Gasteiger partial charge in [-0.1, -0.05) is 0 Å². The highest BCUT2D eigenvalue weighted by molar-refractivity contribution is 7.89. The molecule has 3 saturated carbocycles. The summed E-state index contributed by atoms with van der Waals surface area (Å²) in [4.78, 5) is 11.8. The van der Waals surface area contributed by atoms with E-state index in [9.17, 15) is 13.2 Å². The zero-order chi connectivity index (χ0) is 14.5. The second kappa shape index (κ2) is 4.33. The predicted octanol–water partition coefficient (Wildman–Crippen LogP) is 1.03. The maximum absolute atomic E-state index is 12.3. The van der Waals surface area contributed by atoms with Gasteiger partial charge in [0.15, 0.2) is 0 Å². The van der Waals surface area contributed by atoms with Crippen molar-refractivity contribution in [3.63, 3.8) is 0 Å². The third-order valence-corrected chi connectivity index (χ3v) is 5.71. The van der Waals surface area contributed by atoms with Crippen molar-refractivity contribution in [2.75, 3.05) is 6.61 Å². The van der Waals surface area contributed by atoms with Gasteiger partial charge in [0.2, 0.25) is 10.0 Å². The Morgan fingerprint density at radius 2 is 2.15 bits per heavy atom. The Balaban J connectivity index is 1.82. The van der Waals surface area contributed by atoms with Gasteiger partial charge in [-0.15, -0.1) is 0 Å². The Labute approximate surface area is 118 Å². The van der Waals surface area contributed by atoms with E-state index in [4.69, 9.17) is 4.74 Å². The molecular weight excluding hydrogens is 280 g/mol. The predicted molar refractivity (Wildman–Crippen MR) is 71.8 cm³/mol. The molecule has 0 saturated heterocycles. The minimum atomic E-state index is -3.57. The van der Waals surface area contributed by atoms with Gasteiger partial charge in [0, 0.05) is 18.8 Å². The summed E-state index contributed by atoms with van der Waals surface area (Å²) in [5, 5.41) is 0. The number of aryl methyl sites for hydroxylation is 1. The van der Waals surface area contributed by atoms with Crippen LogP contribution in [0, 0.1) is 5.92 Å². The van der Waals surface area contributed by atoms with Gasteiger partial charge < -0.3 is 9.30 Å². The first-order valence-corrected chi connectivity index (χ1v) is 8.21. The van der Waals surface area contributed by atoms with Gasteiger partial charge in [-0.3, -0.25) is 0 Å². The molecule has 1 aromatic rings. The molecule has 0 atom stereocenters. The molecule has 20 heavy (non-hydrogen) atoms. The molecule has 0 aliphatic heterocycles. The summed E-state index contributed by atoms with van der Waals surface area (Å²) in [6.45, 7) is 1.97. The van der Waals surface area contributed by atoms with Crippen LogP contribution in [0.5, 0.6) is 0 Å². The summed E-state index contributed by atoms with van der Waals surface area (Å²) in [5.74, 6) is 0.186. The summed E-state index contributed by atoms with van der Waals surface area (Å²) in [6, 6.07) is 1.37. The van der Waals surface area contributed by atoms with Gasteiger partial charge in [-0.2, -0.15) is 0 Å². The van der Waals surface area contributed by atoms with Crippen LogP contribution in [-0.2, 0) is 21.8 Å². The van der Waals surface area contributed by atoms with E-state index in [-0.39, 0.29) is 22.7 Å². The van der Waals surface area contributed by atoms with Gasteiger partial charge in [-0.25, -0.2) is 17.9 Å². The first-order chi connectivity index (χ1) is 9.35. The van der Waals surface area contributed by atoms with Crippen LogP contribution >= 0.6 is 0 Å². The Bertz CT molecular complexity index is 645. The fraction of sp³-hybridized carbons (Fsp3) is 0.615. The minimum Gasteiger partial charge on any atom is -0.461 e. The topological polar surface area (TPSA) is 77.4 Å². The molecule has 1 heterocycles. The number of sulfonamides is 1. The number of carbonyl (C=O) groups excluding carboxylic acids is 1. The lowest BCUT2D eigenvalue weighted by atomic mass is 9.50. The molecule has 6 nitrogen and oxygen atoms in total. The first-order valence-electron chi connectivity index (χ1n) is 6.73. The molecule has 0 aromatic carbocycles. The highest BCUT2D eigenvalue weighted by Gasteiger charge is 2.58. The Kier molecular flexibility index (Phi) is 2.95. The Morgan fingerprint density at radius 3 is 2.65 bits per heavy atom. The SMILES string of the molecule is CCOC(=O)c1cc(S(=O)(=O)NC23CC(C2)C3)cn1C. The van der Waals surface area contributed by atoms with E-state index in [1.165, 1.54) is 16.8 Å². The van der Waals surface area contributed by atoms with Crippen molar-refractivity contribution >= 4 is 16.0 Å². The molecule has 7 heteroatoms. The molecule has 3 aliphatic rings. The minimum absolute atomic E-state index is 0.118. The standard InChI is InChI=1S/C13H18N2O4S/c1-3-19-12(16)11-4-10(8-15(11)2)20(17,18)14-13-5-9(6-13)7-13/h4,8-9,14H,3,5-7H2,1-2H3. The van der Waals surface area contributed by atoms with E-state index in [0.29, 0.717) is 5.92 Å².